The number of hydrogen-bond acceptors (Lipinski definition) is 0. The van der Waals surface area contributed by atoms with Crippen LogP contribution in [0.5, 0.6) is 0 Å². The van der Waals surface area contributed by atoms with Crippen molar-refractivity contribution in [3.63, 3.8) is 0 Å². The molecule has 0 N–H and O–H groups in total. The van der Waals surface area contributed by atoms with Gasteiger partial charge in [-0.25, -0.2) is 0 Å². The number of rotatable bonds is 0. The minimum atomic E-state index is 0. The fourth-order valence-corrected chi connectivity index (χ4v) is 0. The Morgan fingerprint density at radius 2 is 1.00 bits per heavy atom. The van der Waals surface area contributed by atoms with E-state index in [1.165, 1.54) is 0 Å². The number of hydrogen-bond donors (Lipinski definition) is 0. The van der Waals surface area contributed by atoms with Crippen molar-refractivity contribution in [1.82, 2.24) is 0 Å². The molecule has 2 heteroatoms. The molecule has 36 valence electrons. The fourth-order valence-electron chi connectivity index (χ4n) is 0. The molecule has 0 aliphatic carbocycles. The Balaban J connectivity index is -0.0000000200. The fraction of sp³-hybridized carbons (Fsp3) is 0.333. The van der Waals surface area contributed by atoms with E-state index in [2.05, 4.69) is 13.8 Å². The monoisotopic (exact) mass is 154 g/mol. The summed E-state index contributed by atoms with van der Waals surface area (Å²) in [5, 5.41) is 0. The van der Waals surface area contributed by atoms with Crippen LogP contribution in [0, 0.1) is 13.8 Å². The largest absolute Gasteiger partial charge is 0.372 e. The molecule has 0 aliphatic heterocycles. The molecule has 0 saturated carbocycles. The van der Waals surface area contributed by atoms with Crippen molar-refractivity contribution in [1.29, 1.82) is 0 Å². The van der Waals surface area contributed by atoms with Crippen LogP contribution in [0.3, 0.4) is 0 Å². The first-order valence-electron chi connectivity index (χ1n) is 1.000. The summed E-state index contributed by atoms with van der Waals surface area (Å²) in [4.78, 5) is 0. The van der Waals surface area contributed by atoms with E-state index in [0.29, 0.717) is 0 Å². The molecule has 0 atom stereocenters. The Bertz CT molecular complexity index is 4.85. The van der Waals surface area contributed by atoms with E-state index in [1.807, 2.05) is 0 Å². The van der Waals surface area contributed by atoms with E-state index >= 15 is 0 Å². The molecule has 0 amide bonds. The molecule has 0 aromatic rings. The summed E-state index contributed by atoms with van der Waals surface area (Å²) >= 11 is 0. The first-order chi connectivity index (χ1) is 1.41. The average molecular weight is 154 g/mol. The second-order valence-corrected chi connectivity index (χ2v) is 0.354. The smallest absolute Gasteiger partial charge is 0 e. The van der Waals surface area contributed by atoms with E-state index in [9.17, 15) is 0 Å². The summed E-state index contributed by atoms with van der Waals surface area (Å²) in [6.07, 6.45) is 0.750. The molecule has 0 heterocycles. The minimum absolute atomic E-state index is 0. The van der Waals surface area contributed by atoms with Crippen LogP contribution in [0.1, 0.15) is 6.42 Å². The van der Waals surface area contributed by atoms with Crippen LogP contribution in [0.4, 0.5) is 0 Å². The second kappa shape index (κ2) is 19.8. The molecule has 0 aromatic heterocycles. The molecule has 0 unspecified atom stereocenters. The van der Waals surface area contributed by atoms with E-state index in [4.69, 9.17) is 0 Å². The predicted octanol–water partition coefficient (Wildman–Crippen LogP) is 1.04. The molecule has 0 aromatic carbocycles. The molecular formula is C3H6Fe2-2. The topological polar surface area (TPSA) is 0 Å². The third kappa shape index (κ3) is 43.1. The van der Waals surface area contributed by atoms with Gasteiger partial charge in [-0.2, -0.15) is 0 Å². The molecule has 0 saturated heterocycles. The van der Waals surface area contributed by atoms with Gasteiger partial charge in [-0.3, -0.25) is 0 Å². The predicted molar refractivity (Wildman–Crippen MR) is 15.3 cm³/mol. The van der Waals surface area contributed by atoms with Crippen molar-refractivity contribution < 1.29 is 34.1 Å². The van der Waals surface area contributed by atoms with Gasteiger partial charge in [0.15, 0.2) is 0 Å². The van der Waals surface area contributed by atoms with Gasteiger partial charge in [-0.1, -0.05) is 0 Å². The third-order valence-electron chi connectivity index (χ3n) is 0. The molecule has 0 rings (SSSR count). The van der Waals surface area contributed by atoms with Gasteiger partial charge in [0.2, 0.25) is 0 Å². The summed E-state index contributed by atoms with van der Waals surface area (Å²) in [5.74, 6) is 0. The zero-order valence-corrected chi connectivity index (χ0v) is 5.04. The maximum absolute atomic E-state index is 3.38. The van der Waals surface area contributed by atoms with Gasteiger partial charge in [0.1, 0.15) is 0 Å². The first kappa shape index (κ1) is 16.6. The van der Waals surface area contributed by atoms with Gasteiger partial charge in [0.05, 0.1) is 0 Å². The quantitative estimate of drug-likeness (QED) is 0.361. The van der Waals surface area contributed by atoms with Crippen molar-refractivity contribution in [2.75, 3.05) is 0 Å². The van der Waals surface area contributed by atoms with Crippen LogP contribution in [0.25, 0.3) is 0 Å². The van der Waals surface area contributed by atoms with E-state index in [-0.39, 0.29) is 34.1 Å². The van der Waals surface area contributed by atoms with Crippen LogP contribution >= 0.6 is 0 Å². The van der Waals surface area contributed by atoms with Gasteiger partial charge in [-0.15, -0.1) is 0 Å². The Kier molecular flexibility index (Phi) is 65.7. The Hall–Kier alpha value is 1.04. The van der Waals surface area contributed by atoms with Gasteiger partial charge in [0.25, 0.3) is 0 Å². The minimum Gasteiger partial charge on any atom is -0.372 e. The SMILES string of the molecule is [CH2-]C[CH2-].[Fe].[Fe]. The van der Waals surface area contributed by atoms with Crippen molar-refractivity contribution in [2.24, 2.45) is 0 Å². The van der Waals surface area contributed by atoms with Gasteiger partial charge in [0, 0.05) is 34.1 Å². The zero-order valence-electron chi connectivity index (χ0n) is 2.83. The van der Waals surface area contributed by atoms with Gasteiger partial charge < -0.3 is 20.3 Å². The standard InChI is InChI=1S/C3H6.2Fe/c1-3-2;;/h1-3H2;;/q-2;;. The molecule has 0 aliphatic rings. The Morgan fingerprint density at radius 1 is 1.00 bits per heavy atom. The van der Waals surface area contributed by atoms with Crippen molar-refractivity contribution in [2.45, 2.75) is 6.42 Å². The summed E-state index contributed by atoms with van der Waals surface area (Å²) in [6, 6.07) is 0. The van der Waals surface area contributed by atoms with Crippen molar-refractivity contribution >= 4 is 0 Å². The molecular weight excluding hydrogens is 148 g/mol. The zero-order chi connectivity index (χ0) is 2.71. The molecule has 0 bridgehead atoms. The van der Waals surface area contributed by atoms with E-state index < -0.39 is 0 Å². The van der Waals surface area contributed by atoms with Crippen LogP contribution in [0.2, 0.25) is 0 Å². The normalized spacial score (nSPS) is 3.60. The average Bonchev–Trinajstić information content (AvgIpc) is 0.918. The first-order valence-corrected chi connectivity index (χ1v) is 1.000. The van der Waals surface area contributed by atoms with Crippen LogP contribution in [0.15, 0.2) is 0 Å². The van der Waals surface area contributed by atoms with Crippen molar-refractivity contribution in [3.05, 3.63) is 13.8 Å². The summed E-state index contributed by atoms with van der Waals surface area (Å²) in [7, 11) is 0. The van der Waals surface area contributed by atoms with Gasteiger partial charge in [-0.05, 0) is 0 Å². The maximum Gasteiger partial charge on any atom is 0 e. The molecule has 0 spiro atoms. The molecule has 0 nitrogen and oxygen atoms in total. The van der Waals surface area contributed by atoms with Crippen molar-refractivity contribution in [3.8, 4) is 0 Å². The molecule has 0 radical (unpaired) electrons. The van der Waals surface area contributed by atoms with E-state index in [1.54, 1.807) is 0 Å². The van der Waals surface area contributed by atoms with Crippen LogP contribution < -0.4 is 0 Å². The molecule has 0 fully saturated rings. The Morgan fingerprint density at radius 3 is 1.00 bits per heavy atom. The summed E-state index contributed by atoms with van der Waals surface area (Å²) in [5.41, 5.74) is 0. The summed E-state index contributed by atoms with van der Waals surface area (Å²) in [6.45, 7) is 6.75. The van der Waals surface area contributed by atoms with Crippen LogP contribution in [-0.2, 0) is 34.1 Å². The van der Waals surface area contributed by atoms with Crippen LogP contribution in [-0.4, -0.2) is 0 Å². The molecule has 5 heavy (non-hydrogen) atoms. The third-order valence-corrected chi connectivity index (χ3v) is 0. The van der Waals surface area contributed by atoms with Gasteiger partial charge >= 0.3 is 0 Å². The Labute approximate surface area is 54.7 Å². The summed E-state index contributed by atoms with van der Waals surface area (Å²) < 4.78 is 0. The van der Waals surface area contributed by atoms with E-state index in [0.717, 1.165) is 6.42 Å². The second-order valence-electron chi connectivity index (χ2n) is 0.354. The maximum atomic E-state index is 3.38.